The van der Waals surface area contributed by atoms with Gasteiger partial charge in [-0.15, -0.1) is 10.2 Å². The quantitative estimate of drug-likeness (QED) is 0.652. The number of rotatable bonds is 5. The Kier molecular flexibility index (Phi) is 4.61. The molecule has 0 radical (unpaired) electrons. The maximum atomic E-state index is 12.1. The van der Waals surface area contributed by atoms with Crippen molar-refractivity contribution in [1.82, 2.24) is 14.9 Å². The van der Waals surface area contributed by atoms with Crippen LogP contribution < -0.4 is 15.8 Å². The highest BCUT2D eigenvalue weighted by Crippen LogP contribution is 2.21. The van der Waals surface area contributed by atoms with Crippen LogP contribution in [0.1, 0.15) is 27.7 Å². The highest BCUT2D eigenvalue weighted by Gasteiger charge is 2.31. The molecule has 108 valence electrons. The van der Waals surface area contributed by atoms with E-state index in [1.165, 1.54) is 6.92 Å². The van der Waals surface area contributed by atoms with Crippen LogP contribution in [-0.2, 0) is 14.8 Å². The van der Waals surface area contributed by atoms with Gasteiger partial charge in [-0.05, 0) is 20.8 Å². The van der Waals surface area contributed by atoms with Crippen molar-refractivity contribution in [2.24, 2.45) is 5.73 Å². The minimum atomic E-state index is -3.81. The first-order valence-electron chi connectivity index (χ1n) is 5.45. The Morgan fingerprint density at radius 3 is 2.47 bits per heavy atom. The van der Waals surface area contributed by atoms with Crippen LogP contribution >= 0.6 is 11.3 Å². The molecule has 1 amide bonds. The summed E-state index contributed by atoms with van der Waals surface area (Å²) in [5.41, 5.74) is 4.89. The van der Waals surface area contributed by atoms with Crippen LogP contribution in [0.15, 0.2) is 4.34 Å². The van der Waals surface area contributed by atoms with Gasteiger partial charge in [0.2, 0.25) is 15.4 Å². The molecule has 1 rings (SSSR count). The van der Waals surface area contributed by atoms with E-state index in [1.54, 1.807) is 20.8 Å². The molecule has 10 heteroatoms. The van der Waals surface area contributed by atoms with E-state index in [2.05, 4.69) is 20.2 Å². The topological polar surface area (TPSA) is 127 Å². The lowest BCUT2D eigenvalue weighted by atomic mass is 9.99. The number of amides is 1. The largest absolute Gasteiger partial charge is 0.326 e. The van der Waals surface area contributed by atoms with Crippen molar-refractivity contribution in [3.05, 3.63) is 0 Å². The van der Waals surface area contributed by atoms with E-state index in [9.17, 15) is 13.2 Å². The fourth-order valence-corrected chi connectivity index (χ4v) is 3.44. The van der Waals surface area contributed by atoms with Crippen LogP contribution in [0.4, 0.5) is 5.13 Å². The maximum Gasteiger partial charge on any atom is 0.270 e. The maximum absolute atomic E-state index is 12.1. The van der Waals surface area contributed by atoms with Gasteiger partial charge >= 0.3 is 0 Å². The van der Waals surface area contributed by atoms with E-state index in [0.29, 0.717) is 0 Å². The molecule has 8 nitrogen and oxygen atoms in total. The van der Waals surface area contributed by atoms with Gasteiger partial charge in [0.25, 0.3) is 10.0 Å². The van der Waals surface area contributed by atoms with Gasteiger partial charge in [-0.25, -0.2) is 13.1 Å². The predicted molar refractivity (Wildman–Crippen MR) is 72.3 cm³/mol. The Bertz CT molecular complexity index is 564. The normalized spacial score (nSPS) is 14.2. The molecule has 0 aromatic carbocycles. The minimum absolute atomic E-state index is 0.131. The molecule has 19 heavy (non-hydrogen) atoms. The first kappa shape index (κ1) is 16.0. The number of nitrogens with zero attached hydrogens (tertiary/aromatic N) is 2. The van der Waals surface area contributed by atoms with Crippen LogP contribution in [0, 0.1) is 0 Å². The molecule has 4 N–H and O–H groups in total. The van der Waals surface area contributed by atoms with Crippen molar-refractivity contribution in [3.63, 3.8) is 0 Å². The fourth-order valence-electron chi connectivity index (χ4n) is 1.00. The van der Waals surface area contributed by atoms with Crippen LogP contribution in [0.25, 0.3) is 0 Å². The second-order valence-electron chi connectivity index (χ2n) is 4.67. The van der Waals surface area contributed by atoms with Crippen molar-refractivity contribution < 1.29 is 13.2 Å². The first-order chi connectivity index (χ1) is 8.54. The zero-order chi connectivity index (χ0) is 14.8. The Hall–Kier alpha value is -1.10. The van der Waals surface area contributed by atoms with E-state index in [1.807, 2.05) is 0 Å². The summed E-state index contributed by atoms with van der Waals surface area (Å²) in [7, 11) is -3.81. The summed E-state index contributed by atoms with van der Waals surface area (Å²) in [6.07, 6.45) is 0. The summed E-state index contributed by atoms with van der Waals surface area (Å²) in [5, 5.41) is 9.63. The summed E-state index contributed by atoms with van der Waals surface area (Å²) in [6.45, 7) is 6.34. The molecule has 0 aliphatic rings. The number of nitrogens with two attached hydrogens (primary N) is 1. The second kappa shape index (κ2) is 5.49. The lowest BCUT2D eigenvalue weighted by Crippen LogP contribution is -2.54. The molecule has 1 unspecified atom stereocenters. The zero-order valence-electron chi connectivity index (χ0n) is 11.1. The van der Waals surface area contributed by atoms with E-state index >= 15 is 0 Å². The Labute approximate surface area is 115 Å². The van der Waals surface area contributed by atoms with Crippen molar-refractivity contribution in [2.45, 2.75) is 43.6 Å². The van der Waals surface area contributed by atoms with Crippen LogP contribution in [0.2, 0.25) is 0 Å². The van der Waals surface area contributed by atoms with Gasteiger partial charge < -0.3 is 11.1 Å². The van der Waals surface area contributed by atoms with Gasteiger partial charge in [0.05, 0.1) is 0 Å². The molecule has 0 saturated heterocycles. The third kappa shape index (κ3) is 4.20. The van der Waals surface area contributed by atoms with Crippen molar-refractivity contribution >= 4 is 32.4 Å². The number of hydrogen-bond acceptors (Lipinski definition) is 7. The third-order valence-corrected chi connectivity index (χ3v) is 5.33. The SMILES string of the molecule is CC(=O)Nc1nnc(S(=O)(=O)NC(C)(C)C(C)N)s1. The van der Waals surface area contributed by atoms with Gasteiger partial charge in [-0.2, -0.15) is 0 Å². The van der Waals surface area contributed by atoms with E-state index in [0.717, 1.165) is 11.3 Å². The molecular weight excluding hydrogens is 290 g/mol. The highest BCUT2D eigenvalue weighted by molar-refractivity contribution is 7.91. The monoisotopic (exact) mass is 307 g/mol. The van der Waals surface area contributed by atoms with Gasteiger partial charge in [-0.3, -0.25) is 4.79 Å². The Morgan fingerprint density at radius 2 is 2.00 bits per heavy atom. The summed E-state index contributed by atoms with van der Waals surface area (Å²) in [6, 6.07) is -0.384. The number of sulfonamides is 1. The molecule has 0 fully saturated rings. The van der Waals surface area contributed by atoms with Gasteiger partial charge in [0.15, 0.2) is 0 Å². The molecule has 0 aliphatic heterocycles. The molecule has 1 aromatic heterocycles. The third-order valence-electron chi connectivity index (χ3n) is 2.46. The summed E-state index contributed by atoms with van der Waals surface area (Å²) < 4.78 is 26.4. The minimum Gasteiger partial charge on any atom is -0.326 e. The lowest BCUT2D eigenvalue weighted by molar-refractivity contribution is -0.114. The summed E-state index contributed by atoms with van der Waals surface area (Å²) in [4.78, 5) is 10.8. The molecule has 0 bridgehead atoms. The zero-order valence-corrected chi connectivity index (χ0v) is 12.7. The van der Waals surface area contributed by atoms with E-state index < -0.39 is 15.6 Å². The number of carbonyl (C=O) groups is 1. The van der Waals surface area contributed by atoms with Crippen LogP contribution in [0.3, 0.4) is 0 Å². The highest BCUT2D eigenvalue weighted by atomic mass is 32.2. The lowest BCUT2D eigenvalue weighted by Gasteiger charge is -2.29. The average Bonchev–Trinajstić information content (AvgIpc) is 2.63. The molecule has 0 aliphatic carbocycles. The van der Waals surface area contributed by atoms with E-state index in [4.69, 9.17) is 5.73 Å². The molecule has 0 spiro atoms. The number of nitrogens with one attached hydrogen (secondary N) is 2. The number of anilines is 1. The molecule has 0 saturated carbocycles. The molecule has 1 atom stereocenters. The Balaban J connectivity index is 2.95. The van der Waals surface area contributed by atoms with Gasteiger partial charge in [-0.1, -0.05) is 11.3 Å². The van der Waals surface area contributed by atoms with Crippen LogP contribution in [0.5, 0.6) is 0 Å². The van der Waals surface area contributed by atoms with Crippen LogP contribution in [-0.4, -0.2) is 36.1 Å². The van der Waals surface area contributed by atoms with Gasteiger partial charge in [0, 0.05) is 18.5 Å². The Morgan fingerprint density at radius 1 is 1.42 bits per heavy atom. The van der Waals surface area contributed by atoms with E-state index in [-0.39, 0.29) is 21.4 Å². The molecule has 1 heterocycles. The fraction of sp³-hybridized carbons (Fsp3) is 0.667. The average molecular weight is 307 g/mol. The predicted octanol–water partition coefficient (Wildman–Crippen LogP) is -0.0994. The standard InChI is InChI=1S/C9H17N5O3S2/c1-5(10)9(3,4)14-19(16,17)8-13-12-7(18-8)11-6(2)15/h5,14H,10H2,1-4H3,(H,11,12,15). The summed E-state index contributed by atoms with van der Waals surface area (Å²) in [5.74, 6) is -0.344. The first-order valence-corrected chi connectivity index (χ1v) is 7.75. The molecule has 1 aromatic rings. The van der Waals surface area contributed by atoms with Crippen molar-refractivity contribution in [2.75, 3.05) is 5.32 Å². The summed E-state index contributed by atoms with van der Waals surface area (Å²) >= 11 is 0.775. The smallest absolute Gasteiger partial charge is 0.270 e. The number of aromatic nitrogens is 2. The number of carbonyl (C=O) groups excluding carboxylic acids is 1. The van der Waals surface area contributed by atoms with Crippen molar-refractivity contribution in [3.8, 4) is 0 Å². The second-order valence-corrected chi connectivity index (χ2v) is 7.50. The number of hydrogen-bond donors (Lipinski definition) is 3. The van der Waals surface area contributed by atoms with Gasteiger partial charge in [0.1, 0.15) is 0 Å². The van der Waals surface area contributed by atoms with Crippen molar-refractivity contribution in [1.29, 1.82) is 0 Å². The molecular formula is C9H17N5O3S2.